The Hall–Kier alpha value is -2.83. The van der Waals surface area contributed by atoms with E-state index in [0.29, 0.717) is 12.4 Å². The number of aromatic nitrogens is 2. The number of hydrogen-bond acceptors (Lipinski definition) is 5. The van der Waals surface area contributed by atoms with Crippen molar-refractivity contribution in [3.8, 4) is 5.75 Å². The molecule has 1 saturated heterocycles. The standard InChI is InChI=1S/C19H25N5O2/c1-26-16-7-5-15(6-8-16)9-10-20-19(25)23-17-13-18(22-14-21-17)24-11-3-2-4-12-24/h5-8,13-14H,2-4,9-12H2,1H3,(H2,20,21,22,23,25). The lowest BCUT2D eigenvalue weighted by Gasteiger charge is -2.27. The Bertz CT molecular complexity index is 714. The van der Waals surface area contributed by atoms with E-state index in [-0.39, 0.29) is 6.03 Å². The Morgan fingerprint density at radius 3 is 2.65 bits per heavy atom. The van der Waals surface area contributed by atoms with E-state index in [1.807, 2.05) is 30.3 Å². The van der Waals surface area contributed by atoms with Crippen molar-refractivity contribution in [3.05, 3.63) is 42.2 Å². The fourth-order valence-electron chi connectivity index (χ4n) is 2.98. The first-order chi connectivity index (χ1) is 12.7. The van der Waals surface area contributed by atoms with Gasteiger partial charge in [0.15, 0.2) is 0 Å². The third-order valence-corrected chi connectivity index (χ3v) is 4.43. The van der Waals surface area contributed by atoms with Crippen molar-refractivity contribution in [2.24, 2.45) is 0 Å². The highest BCUT2D eigenvalue weighted by Crippen LogP contribution is 2.19. The Balaban J connectivity index is 1.46. The van der Waals surface area contributed by atoms with Crippen LogP contribution in [0.3, 0.4) is 0 Å². The maximum atomic E-state index is 12.1. The summed E-state index contributed by atoms with van der Waals surface area (Å²) in [6, 6.07) is 9.38. The monoisotopic (exact) mass is 355 g/mol. The zero-order chi connectivity index (χ0) is 18.2. The molecule has 2 N–H and O–H groups in total. The number of nitrogens with one attached hydrogen (secondary N) is 2. The van der Waals surface area contributed by atoms with Gasteiger partial charge in [-0.2, -0.15) is 0 Å². The Morgan fingerprint density at radius 1 is 1.15 bits per heavy atom. The van der Waals surface area contributed by atoms with Crippen LogP contribution in [-0.4, -0.2) is 42.7 Å². The zero-order valence-corrected chi connectivity index (χ0v) is 15.1. The number of anilines is 2. The third-order valence-electron chi connectivity index (χ3n) is 4.43. The van der Waals surface area contributed by atoms with Crippen LogP contribution in [0.1, 0.15) is 24.8 Å². The van der Waals surface area contributed by atoms with E-state index in [1.165, 1.54) is 25.6 Å². The number of urea groups is 1. The number of ether oxygens (including phenoxy) is 1. The summed E-state index contributed by atoms with van der Waals surface area (Å²) in [7, 11) is 1.64. The van der Waals surface area contributed by atoms with Crippen LogP contribution < -0.4 is 20.3 Å². The second-order valence-corrected chi connectivity index (χ2v) is 6.29. The smallest absolute Gasteiger partial charge is 0.320 e. The fraction of sp³-hybridized carbons (Fsp3) is 0.421. The molecule has 0 unspecified atom stereocenters. The number of methoxy groups -OCH3 is 1. The zero-order valence-electron chi connectivity index (χ0n) is 15.1. The number of carbonyl (C=O) groups is 1. The molecule has 1 fully saturated rings. The summed E-state index contributed by atoms with van der Waals surface area (Å²) in [5.41, 5.74) is 1.14. The van der Waals surface area contributed by atoms with Crippen LogP contribution in [-0.2, 0) is 6.42 Å². The lowest BCUT2D eigenvalue weighted by Crippen LogP contribution is -2.32. The molecule has 0 bridgehead atoms. The molecular formula is C19H25N5O2. The second kappa shape index (κ2) is 9.03. The maximum absolute atomic E-state index is 12.1. The molecule has 0 atom stereocenters. The summed E-state index contributed by atoms with van der Waals surface area (Å²) in [5, 5.41) is 5.63. The van der Waals surface area contributed by atoms with E-state index in [0.717, 1.165) is 36.6 Å². The van der Waals surface area contributed by atoms with Gasteiger partial charge in [-0.25, -0.2) is 14.8 Å². The number of carbonyl (C=O) groups excluding carboxylic acids is 1. The highest BCUT2D eigenvalue weighted by Gasteiger charge is 2.13. The van der Waals surface area contributed by atoms with Crippen LogP contribution in [0.25, 0.3) is 0 Å². The van der Waals surface area contributed by atoms with Gasteiger partial charge in [0.05, 0.1) is 7.11 Å². The first-order valence-corrected chi connectivity index (χ1v) is 8.99. The molecule has 0 radical (unpaired) electrons. The van der Waals surface area contributed by atoms with Crippen LogP contribution in [0, 0.1) is 0 Å². The minimum absolute atomic E-state index is 0.262. The lowest BCUT2D eigenvalue weighted by molar-refractivity contribution is 0.252. The van der Waals surface area contributed by atoms with Crippen molar-refractivity contribution in [2.45, 2.75) is 25.7 Å². The molecule has 2 amide bonds. The molecule has 2 heterocycles. The topological polar surface area (TPSA) is 79.4 Å². The molecule has 3 rings (SSSR count). The van der Waals surface area contributed by atoms with Crippen LogP contribution in [0.2, 0.25) is 0 Å². The predicted molar refractivity (Wildman–Crippen MR) is 102 cm³/mol. The minimum Gasteiger partial charge on any atom is -0.497 e. The van der Waals surface area contributed by atoms with Gasteiger partial charge in [-0.1, -0.05) is 12.1 Å². The number of amides is 2. The SMILES string of the molecule is COc1ccc(CCNC(=O)Nc2cc(N3CCCCC3)ncn2)cc1. The summed E-state index contributed by atoms with van der Waals surface area (Å²) in [5.74, 6) is 2.21. The van der Waals surface area contributed by atoms with Crippen LogP contribution >= 0.6 is 0 Å². The van der Waals surface area contributed by atoms with Gasteiger partial charge in [0.25, 0.3) is 0 Å². The van der Waals surface area contributed by atoms with Gasteiger partial charge in [-0.3, -0.25) is 5.32 Å². The largest absolute Gasteiger partial charge is 0.497 e. The molecular weight excluding hydrogens is 330 g/mol. The number of hydrogen-bond donors (Lipinski definition) is 2. The van der Waals surface area contributed by atoms with Crippen molar-refractivity contribution in [3.63, 3.8) is 0 Å². The quantitative estimate of drug-likeness (QED) is 0.833. The predicted octanol–water partition coefficient (Wildman–Crippen LogP) is 2.84. The number of benzene rings is 1. The molecule has 138 valence electrons. The second-order valence-electron chi connectivity index (χ2n) is 6.29. The van der Waals surface area contributed by atoms with Crippen LogP contribution in [0.5, 0.6) is 5.75 Å². The average molecular weight is 355 g/mol. The molecule has 1 aromatic carbocycles. The van der Waals surface area contributed by atoms with Gasteiger partial charge >= 0.3 is 6.03 Å². The third kappa shape index (κ3) is 5.08. The van der Waals surface area contributed by atoms with E-state index in [4.69, 9.17) is 4.74 Å². The number of piperidine rings is 1. The molecule has 1 aliphatic heterocycles. The fourth-order valence-corrected chi connectivity index (χ4v) is 2.98. The highest BCUT2D eigenvalue weighted by atomic mass is 16.5. The highest BCUT2D eigenvalue weighted by molar-refractivity contribution is 5.88. The minimum atomic E-state index is -0.262. The van der Waals surface area contributed by atoms with Gasteiger partial charge in [0.2, 0.25) is 0 Å². The molecule has 7 nitrogen and oxygen atoms in total. The van der Waals surface area contributed by atoms with E-state index in [2.05, 4.69) is 25.5 Å². The van der Waals surface area contributed by atoms with Gasteiger partial charge in [-0.15, -0.1) is 0 Å². The van der Waals surface area contributed by atoms with Gasteiger partial charge < -0.3 is 15.0 Å². The van der Waals surface area contributed by atoms with Gasteiger partial charge in [-0.05, 0) is 43.4 Å². The van der Waals surface area contributed by atoms with Crippen molar-refractivity contribution in [1.29, 1.82) is 0 Å². The summed E-state index contributed by atoms with van der Waals surface area (Å²) in [4.78, 5) is 22.8. The molecule has 1 aliphatic rings. The van der Waals surface area contributed by atoms with Crippen molar-refractivity contribution >= 4 is 17.7 Å². The number of rotatable bonds is 6. The van der Waals surface area contributed by atoms with Gasteiger partial charge in [0.1, 0.15) is 23.7 Å². The van der Waals surface area contributed by atoms with E-state index < -0.39 is 0 Å². The van der Waals surface area contributed by atoms with Gasteiger partial charge in [0, 0.05) is 25.7 Å². The Morgan fingerprint density at radius 2 is 1.92 bits per heavy atom. The first-order valence-electron chi connectivity index (χ1n) is 8.99. The molecule has 1 aromatic heterocycles. The molecule has 2 aromatic rings. The van der Waals surface area contributed by atoms with Crippen molar-refractivity contribution < 1.29 is 9.53 Å². The van der Waals surface area contributed by atoms with E-state index in [9.17, 15) is 4.79 Å². The van der Waals surface area contributed by atoms with Crippen molar-refractivity contribution in [1.82, 2.24) is 15.3 Å². The number of nitrogens with zero attached hydrogens (tertiary/aromatic N) is 3. The summed E-state index contributed by atoms with van der Waals surface area (Å²) < 4.78 is 5.14. The lowest BCUT2D eigenvalue weighted by atomic mass is 10.1. The maximum Gasteiger partial charge on any atom is 0.320 e. The molecule has 0 aliphatic carbocycles. The van der Waals surface area contributed by atoms with Crippen LogP contribution in [0.15, 0.2) is 36.7 Å². The summed E-state index contributed by atoms with van der Waals surface area (Å²) in [6.45, 7) is 2.55. The van der Waals surface area contributed by atoms with E-state index in [1.54, 1.807) is 7.11 Å². The molecule has 7 heteroatoms. The molecule has 26 heavy (non-hydrogen) atoms. The molecule has 0 saturated carbocycles. The first kappa shape index (κ1) is 18.0. The summed E-state index contributed by atoms with van der Waals surface area (Å²) >= 11 is 0. The van der Waals surface area contributed by atoms with Crippen molar-refractivity contribution in [2.75, 3.05) is 37.0 Å². The van der Waals surface area contributed by atoms with E-state index >= 15 is 0 Å². The normalized spacial score (nSPS) is 14.0. The Kier molecular flexibility index (Phi) is 6.24. The molecule has 0 spiro atoms. The average Bonchev–Trinajstić information content (AvgIpc) is 2.69. The summed E-state index contributed by atoms with van der Waals surface area (Å²) in [6.07, 6.45) is 5.87. The Labute approximate surface area is 153 Å². The van der Waals surface area contributed by atoms with Crippen LogP contribution in [0.4, 0.5) is 16.4 Å².